The Morgan fingerprint density at radius 2 is 2.05 bits per heavy atom. The summed E-state index contributed by atoms with van der Waals surface area (Å²) in [7, 11) is 0. The van der Waals surface area contributed by atoms with Crippen molar-refractivity contribution < 1.29 is 4.42 Å². The number of benzene rings is 2. The van der Waals surface area contributed by atoms with Crippen LogP contribution in [0, 0.1) is 0 Å². The van der Waals surface area contributed by atoms with Gasteiger partial charge in [-0.25, -0.2) is 4.98 Å². The van der Waals surface area contributed by atoms with Gasteiger partial charge in [-0.1, -0.05) is 18.2 Å². The van der Waals surface area contributed by atoms with Crippen molar-refractivity contribution >= 4 is 38.8 Å². The van der Waals surface area contributed by atoms with E-state index in [9.17, 15) is 0 Å². The number of nitrogens with zero attached hydrogens (tertiary/aromatic N) is 1. The monoisotopic (exact) mass is 348 g/mol. The van der Waals surface area contributed by atoms with Crippen molar-refractivity contribution in [2.24, 2.45) is 5.73 Å². The predicted molar refractivity (Wildman–Crippen MR) is 84.9 cm³/mol. The third-order valence-corrected chi connectivity index (χ3v) is 4.80. The maximum Gasteiger partial charge on any atom is 0.261 e. The van der Waals surface area contributed by atoms with Gasteiger partial charge in [0.1, 0.15) is 5.52 Å². The van der Waals surface area contributed by atoms with E-state index in [1.54, 1.807) is 0 Å². The molecule has 0 bridgehead atoms. The Kier molecular flexibility index (Phi) is 3.83. The van der Waals surface area contributed by atoms with Crippen molar-refractivity contribution in [1.29, 1.82) is 0 Å². The molecule has 2 aromatic carbocycles. The summed E-state index contributed by atoms with van der Waals surface area (Å²) in [6.45, 7) is 1.97. The van der Waals surface area contributed by atoms with E-state index in [2.05, 4.69) is 20.9 Å². The molecule has 5 heteroatoms. The summed E-state index contributed by atoms with van der Waals surface area (Å²) in [4.78, 5) is 5.51. The van der Waals surface area contributed by atoms with Crippen LogP contribution in [0.2, 0.25) is 0 Å². The number of rotatable bonds is 3. The van der Waals surface area contributed by atoms with Crippen molar-refractivity contribution in [3.63, 3.8) is 0 Å². The molecule has 0 fully saturated rings. The summed E-state index contributed by atoms with van der Waals surface area (Å²) < 4.78 is 6.71. The fourth-order valence-corrected chi connectivity index (χ4v) is 3.27. The lowest BCUT2D eigenvalue weighted by atomic mass is 10.1. The van der Waals surface area contributed by atoms with Gasteiger partial charge in [0.15, 0.2) is 5.58 Å². The standard InChI is InChI=1S/C15H13BrN2OS/c1-9(17)10-6-7-14(11(16)8-10)20-15-18-12-4-2-3-5-13(12)19-15/h2-9H,17H2,1H3/t9-/m0/s1. The number of oxazole rings is 1. The first kappa shape index (κ1) is 13.7. The Bertz CT molecular complexity index is 721. The van der Waals surface area contributed by atoms with Crippen LogP contribution in [0.4, 0.5) is 0 Å². The second kappa shape index (κ2) is 5.60. The van der Waals surface area contributed by atoms with Gasteiger partial charge in [-0.3, -0.25) is 0 Å². The van der Waals surface area contributed by atoms with E-state index < -0.39 is 0 Å². The van der Waals surface area contributed by atoms with Crippen LogP contribution in [0.25, 0.3) is 11.1 Å². The number of hydrogen-bond acceptors (Lipinski definition) is 4. The first-order chi connectivity index (χ1) is 9.63. The predicted octanol–water partition coefficient (Wildman–Crippen LogP) is 4.76. The van der Waals surface area contributed by atoms with Gasteiger partial charge in [-0.15, -0.1) is 0 Å². The average Bonchev–Trinajstić information content (AvgIpc) is 2.83. The Morgan fingerprint density at radius 1 is 1.25 bits per heavy atom. The molecule has 0 amide bonds. The maximum absolute atomic E-state index is 5.88. The third-order valence-electron chi connectivity index (χ3n) is 2.95. The fourth-order valence-electron chi connectivity index (χ4n) is 1.87. The van der Waals surface area contributed by atoms with E-state index >= 15 is 0 Å². The zero-order valence-corrected chi connectivity index (χ0v) is 13.2. The van der Waals surface area contributed by atoms with E-state index in [4.69, 9.17) is 10.2 Å². The topological polar surface area (TPSA) is 52.0 Å². The fraction of sp³-hybridized carbons (Fsp3) is 0.133. The van der Waals surface area contributed by atoms with Crippen LogP contribution >= 0.6 is 27.7 Å². The lowest BCUT2D eigenvalue weighted by Gasteiger charge is -2.08. The normalized spacial score (nSPS) is 12.8. The lowest BCUT2D eigenvalue weighted by molar-refractivity contribution is 0.489. The number of hydrogen-bond donors (Lipinski definition) is 1. The number of aromatic nitrogens is 1. The van der Waals surface area contributed by atoms with Gasteiger partial charge < -0.3 is 10.2 Å². The second-order valence-electron chi connectivity index (χ2n) is 4.53. The van der Waals surface area contributed by atoms with Crippen LogP contribution in [-0.2, 0) is 0 Å². The van der Waals surface area contributed by atoms with Crippen molar-refractivity contribution in [2.75, 3.05) is 0 Å². The van der Waals surface area contributed by atoms with Gasteiger partial charge in [-0.05, 0) is 64.4 Å². The SMILES string of the molecule is C[C@H](N)c1ccc(Sc2nc3ccccc3o2)c(Br)c1. The Hall–Kier alpha value is -1.30. The number of fused-ring (bicyclic) bond motifs is 1. The minimum atomic E-state index is 0.0228. The quantitative estimate of drug-likeness (QED) is 0.741. The molecule has 1 heterocycles. The van der Waals surface area contributed by atoms with E-state index in [0.29, 0.717) is 5.22 Å². The Morgan fingerprint density at radius 3 is 2.75 bits per heavy atom. The molecule has 0 saturated carbocycles. The molecule has 0 spiro atoms. The van der Waals surface area contributed by atoms with Crippen LogP contribution in [0.3, 0.4) is 0 Å². The zero-order valence-electron chi connectivity index (χ0n) is 10.8. The van der Waals surface area contributed by atoms with Crippen LogP contribution in [-0.4, -0.2) is 4.98 Å². The van der Waals surface area contributed by atoms with Crippen LogP contribution in [0.15, 0.2) is 61.5 Å². The molecule has 0 aliphatic carbocycles. The average molecular weight is 349 g/mol. The van der Waals surface area contributed by atoms with Gasteiger partial charge in [0.2, 0.25) is 0 Å². The van der Waals surface area contributed by atoms with Gasteiger partial charge in [0, 0.05) is 15.4 Å². The third kappa shape index (κ3) is 2.75. The number of nitrogens with two attached hydrogens (primary N) is 1. The molecular formula is C15H13BrN2OS. The van der Waals surface area contributed by atoms with E-state index in [1.165, 1.54) is 11.8 Å². The maximum atomic E-state index is 5.88. The highest BCUT2D eigenvalue weighted by atomic mass is 79.9. The highest BCUT2D eigenvalue weighted by molar-refractivity contribution is 9.10. The first-order valence-corrected chi connectivity index (χ1v) is 7.83. The molecule has 0 aliphatic rings. The van der Waals surface area contributed by atoms with E-state index in [-0.39, 0.29) is 6.04 Å². The molecule has 3 rings (SSSR count). The molecule has 1 aromatic heterocycles. The highest BCUT2D eigenvalue weighted by Crippen LogP contribution is 2.35. The molecule has 0 saturated heterocycles. The summed E-state index contributed by atoms with van der Waals surface area (Å²) in [5.41, 5.74) is 8.65. The molecule has 3 nitrogen and oxygen atoms in total. The minimum absolute atomic E-state index is 0.0228. The molecule has 102 valence electrons. The van der Waals surface area contributed by atoms with Crippen LogP contribution < -0.4 is 5.73 Å². The van der Waals surface area contributed by atoms with E-state index in [1.807, 2.05) is 49.4 Å². The first-order valence-electron chi connectivity index (χ1n) is 6.22. The minimum Gasteiger partial charge on any atom is -0.431 e. The smallest absolute Gasteiger partial charge is 0.261 e. The zero-order chi connectivity index (χ0) is 14.1. The largest absolute Gasteiger partial charge is 0.431 e. The van der Waals surface area contributed by atoms with Gasteiger partial charge in [0.25, 0.3) is 5.22 Å². The summed E-state index contributed by atoms with van der Waals surface area (Å²) in [5, 5.41) is 0.639. The van der Waals surface area contributed by atoms with Crippen molar-refractivity contribution in [3.05, 3.63) is 52.5 Å². The van der Waals surface area contributed by atoms with Crippen LogP contribution in [0.1, 0.15) is 18.5 Å². The van der Waals surface area contributed by atoms with Gasteiger partial charge >= 0.3 is 0 Å². The molecule has 0 unspecified atom stereocenters. The lowest BCUT2D eigenvalue weighted by Crippen LogP contribution is -2.04. The summed E-state index contributed by atoms with van der Waals surface area (Å²) in [5.74, 6) is 0. The van der Waals surface area contributed by atoms with E-state index in [0.717, 1.165) is 26.0 Å². The van der Waals surface area contributed by atoms with Crippen molar-refractivity contribution in [2.45, 2.75) is 23.1 Å². The molecule has 0 radical (unpaired) electrons. The summed E-state index contributed by atoms with van der Waals surface area (Å²) >= 11 is 5.07. The van der Waals surface area contributed by atoms with Gasteiger partial charge in [-0.2, -0.15) is 0 Å². The Balaban J connectivity index is 1.90. The second-order valence-corrected chi connectivity index (χ2v) is 6.38. The molecule has 0 aliphatic heterocycles. The summed E-state index contributed by atoms with van der Waals surface area (Å²) in [6, 6.07) is 13.9. The van der Waals surface area contributed by atoms with Crippen LogP contribution in [0.5, 0.6) is 0 Å². The number of halogens is 1. The summed E-state index contributed by atoms with van der Waals surface area (Å²) in [6.07, 6.45) is 0. The van der Waals surface area contributed by atoms with Gasteiger partial charge in [0.05, 0.1) is 0 Å². The molecule has 1 atom stereocenters. The molecule has 20 heavy (non-hydrogen) atoms. The van der Waals surface area contributed by atoms with Crippen molar-refractivity contribution in [3.8, 4) is 0 Å². The molecular weight excluding hydrogens is 336 g/mol. The Labute approximate surface area is 129 Å². The molecule has 3 aromatic rings. The molecule has 2 N–H and O–H groups in total. The highest BCUT2D eigenvalue weighted by Gasteiger charge is 2.10. The number of para-hydroxylation sites is 2. The van der Waals surface area contributed by atoms with Crippen molar-refractivity contribution in [1.82, 2.24) is 4.98 Å².